The van der Waals surface area contributed by atoms with Gasteiger partial charge < -0.3 is 38.2 Å². The average Bonchev–Trinajstić information content (AvgIpc) is 3.45. The molecule has 0 aliphatic carbocycles. The van der Waals surface area contributed by atoms with Crippen molar-refractivity contribution >= 4 is 12.0 Å². The van der Waals surface area contributed by atoms with Gasteiger partial charge in [0, 0.05) is 31.1 Å². The zero-order chi connectivity index (χ0) is 30.3. The minimum absolute atomic E-state index is 0. The van der Waals surface area contributed by atoms with Crippen LogP contribution in [0.2, 0.25) is 0 Å². The molecule has 1 saturated heterocycles. The van der Waals surface area contributed by atoms with E-state index in [-0.39, 0.29) is 49.1 Å². The molecule has 2 rings (SSSR count). The van der Waals surface area contributed by atoms with E-state index in [1.165, 1.54) is 103 Å². The molecule has 0 saturated carbocycles. The Kier molecular flexibility index (Phi) is 24.0. The lowest BCUT2D eigenvalue weighted by Gasteiger charge is -2.19. The van der Waals surface area contributed by atoms with Crippen molar-refractivity contribution in [1.29, 1.82) is 0 Å². The summed E-state index contributed by atoms with van der Waals surface area (Å²) < 4.78 is 19.2. The molecule has 2 unspecified atom stereocenters. The first-order valence-electron chi connectivity index (χ1n) is 17.2. The molecule has 0 radical (unpaired) electrons. The standard InChI is InChI=1S/C35H61N2O5.HI/c1-4-6-7-8-9-10-11-12-13-14-15-16-17-18-19-20-24-40-28-33-25-34(41-29-33)30-42-35(39)37(31(3)38)27-32-22-21-23-36(5-2)26-32;/h21-23,26,33-34H,4-20,24-25,27-30H2,1-3H3;1H/q+1;/p-1. The summed E-state index contributed by atoms with van der Waals surface area (Å²) in [4.78, 5) is 25.9. The largest absolute Gasteiger partial charge is 1.00 e. The Bertz CT molecular complexity index is 855. The highest BCUT2D eigenvalue weighted by molar-refractivity contribution is 5.90. The van der Waals surface area contributed by atoms with Crippen molar-refractivity contribution in [3.63, 3.8) is 0 Å². The van der Waals surface area contributed by atoms with Crippen LogP contribution in [0.5, 0.6) is 0 Å². The van der Waals surface area contributed by atoms with E-state index in [1.54, 1.807) is 0 Å². The summed E-state index contributed by atoms with van der Waals surface area (Å²) in [6.07, 6.45) is 25.9. The first-order valence-corrected chi connectivity index (χ1v) is 17.2. The normalized spacial score (nSPS) is 16.2. The fourth-order valence-corrected chi connectivity index (χ4v) is 5.61. The minimum Gasteiger partial charge on any atom is -1.00 e. The maximum absolute atomic E-state index is 12.6. The fraction of sp³-hybridized carbons (Fsp3) is 0.800. The molecule has 248 valence electrons. The van der Waals surface area contributed by atoms with Crippen LogP contribution in [0.3, 0.4) is 0 Å². The minimum atomic E-state index is -0.624. The highest BCUT2D eigenvalue weighted by Gasteiger charge is 2.28. The monoisotopic (exact) mass is 716 g/mol. The van der Waals surface area contributed by atoms with Gasteiger partial charge in [0.15, 0.2) is 12.4 Å². The summed E-state index contributed by atoms with van der Waals surface area (Å²) in [7, 11) is 0. The molecule has 1 aliphatic rings. The molecular formula is C35H61IN2O5. The number of imide groups is 1. The van der Waals surface area contributed by atoms with Crippen LogP contribution in [0.4, 0.5) is 4.79 Å². The van der Waals surface area contributed by atoms with Gasteiger partial charge in [0.2, 0.25) is 5.91 Å². The van der Waals surface area contributed by atoms with Crippen LogP contribution in [0.25, 0.3) is 0 Å². The molecule has 0 aromatic carbocycles. The molecule has 8 heteroatoms. The number of nitrogens with zero attached hydrogens (tertiary/aromatic N) is 2. The SMILES string of the molecule is CCCCCCCCCCCCCCCCCCOCC1COC(COC(=O)N(Cc2ccc[n+](CC)c2)C(C)=O)C1.[I-]. The molecule has 1 fully saturated rings. The number of rotatable bonds is 24. The molecule has 0 bridgehead atoms. The third-order valence-electron chi connectivity index (χ3n) is 8.28. The number of amides is 2. The quantitative estimate of drug-likeness (QED) is 0.0840. The van der Waals surface area contributed by atoms with Gasteiger partial charge in [-0.25, -0.2) is 14.3 Å². The molecule has 1 aliphatic heterocycles. The van der Waals surface area contributed by atoms with Gasteiger partial charge >= 0.3 is 6.09 Å². The number of carbonyl (C=O) groups excluding carboxylic acids is 2. The van der Waals surface area contributed by atoms with Crippen molar-refractivity contribution in [3.05, 3.63) is 30.1 Å². The number of hydrogen-bond donors (Lipinski definition) is 0. The third kappa shape index (κ3) is 19.0. The van der Waals surface area contributed by atoms with Crippen molar-refractivity contribution in [1.82, 2.24) is 4.90 Å². The number of ether oxygens (including phenoxy) is 3. The number of halogens is 1. The van der Waals surface area contributed by atoms with E-state index < -0.39 is 6.09 Å². The molecule has 7 nitrogen and oxygen atoms in total. The molecule has 43 heavy (non-hydrogen) atoms. The third-order valence-corrected chi connectivity index (χ3v) is 8.28. The zero-order valence-electron chi connectivity index (χ0n) is 27.5. The Morgan fingerprint density at radius 3 is 2.02 bits per heavy atom. The molecule has 0 N–H and O–H groups in total. The Labute approximate surface area is 279 Å². The van der Waals surface area contributed by atoms with E-state index in [9.17, 15) is 9.59 Å². The van der Waals surface area contributed by atoms with Gasteiger partial charge in [0.05, 0.1) is 25.9 Å². The van der Waals surface area contributed by atoms with Gasteiger partial charge in [-0.3, -0.25) is 4.79 Å². The maximum Gasteiger partial charge on any atom is 0.416 e. The Hall–Kier alpha value is -1.26. The number of hydrogen-bond acceptors (Lipinski definition) is 5. The molecule has 2 amide bonds. The van der Waals surface area contributed by atoms with Gasteiger partial charge in [-0.15, -0.1) is 0 Å². The van der Waals surface area contributed by atoms with Crippen LogP contribution in [0.15, 0.2) is 24.5 Å². The number of unbranched alkanes of at least 4 members (excludes halogenated alkanes) is 15. The van der Waals surface area contributed by atoms with E-state index in [4.69, 9.17) is 14.2 Å². The maximum atomic E-state index is 12.6. The molecule has 1 aromatic rings. The molecule has 2 atom stereocenters. The summed E-state index contributed by atoms with van der Waals surface area (Å²) in [5, 5.41) is 0. The summed E-state index contributed by atoms with van der Waals surface area (Å²) in [5.41, 5.74) is 0.880. The van der Waals surface area contributed by atoms with E-state index in [2.05, 4.69) is 6.92 Å². The van der Waals surface area contributed by atoms with E-state index in [0.717, 1.165) is 36.5 Å². The summed E-state index contributed by atoms with van der Waals surface area (Å²) in [6.45, 7) is 9.00. The first-order chi connectivity index (χ1) is 20.5. The first kappa shape index (κ1) is 39.8. The highest BCUT2D eigenvalue weighted by Crippen LogP contribution is 2.21. The van der Waals surface area contributed by atoms with Crippen molar-refractivity contribution < 1.29 is 52.3 Å². The van der Waals surface area contributed by atoms with Crippen LogP contribution in [0.1, 0.15) is 135 Å². The number of carbonyl (C=O) groups is 2. The molecular weight excluding hydrogens is 655 g/mol. The Morgan fingerprint density at radius 1 is 0.884 bits per heavy atom. The summed E-state index contributed by atoms with van der Waals surface area (Å²) in [5.74, 6) is -0.00733. The number of aryl methyl sites for hydroxylation is 1. The Morgan fingerprint density at radius 2 is 1.47 bits per heavy atom. The second kappa shape index (κ2) is 26.0. The molecule has 2 heterocycles. The van der Waals surface area contributed by atoms with Crippen LogP contribution < -0.4 is 28.5 Å². The lowest BCUT2D eigenvalue weighted by atomic mass is 10.0. The number of pyridine rings is 1. The summed E-state index contributed by atoms with van der Waals surface area (Å²) in [6, 6.07) is 3.82. The van der Waals surface area contributed by atoms with Gasteiger partial charge in [0.1, 0.15) is 13.2 Å². The molecule has 0 spiro atoms. The van der Waals surface area contributed by atoms with E-state index in [1.807, 2.05) is 36.0 Å². The van der Waals surface area contributed by atoms with Gasteiger partial charge in [-0.2, -0.15) is 0 Å². The fourth-order valence-electron chi connectivity index (χ4n) is 5.61. The predicted molar refractivity (Wildman–Crippen MR) is 168 cm³/mol. The second-order valence-electron chi connectivity index (χ2n) is 12.2. The molecule has 1 aromatic heterocycles. The number of aromatic nitrogens is 1. The van der Waals surface area contributed by atoms with E-state index in [0.29, 0.717) is 19.1 Å². The van der Waals surface area contributed by atoms with Crippen LogP contribution in [-0.4, -0.2) is 49.4 Å². The predicted octanol–water partition coefficient (Wildman–Crippen LogP) is 5.17. The lowest BCUT2D eigenvalue weighted by Crippen LogP contribution is -3.00. The lowest BCUT2D eigenvalue weighted by molar-refractivity contribution is -0.694. The van der Waals surface area contributed by atoms with Gasteiger partial charge in [-0.05, 0) is 25.8 Å². The van der Waals surface area contributed by atoms with Crippen LogP contribution in [0, 0.1) is 5.92 Å². The summed E-state index contributed by atoms with van der Waals surface area (Å²) >= 11 is 0. The average molecular weight is 717 g/mol. The van der Waals surface area contributed by atoms with Crippen molar-refractivity contribution in [2.24, 2.45) is 5.92 Å². The highest BCUT2D eigenvalue weighted by atomic mass is 127. The van der Waals surface area contributed by atoms with Gasteiger partial charge in [-0.1, -0.05) is 103 Å². The van der Waals surface area contributed by atoms with Crippen molar-refractivity contribution in [2.75, 3.05) is 26.4 Å². The van der Waals surface area contributed by atoms with Gasteiger partial charge in [0.25, 0.3) is 0 Å². The zero-order valence-corrected chi connectivity index (χ0v) is 29.7. The van der Waals surface area contributed by atoms with Crippen molar-refractivity contribution in [2.45, 2.75) is 149 Å². The van der Waals surface area contributed by atoms with E-state index >= 15 is 0 Å². The van der Waals surface area contributed by atoms with Crippen LogP contribution >= 0.6 is 0 Å². The van der Waals surface area contributed by atoms with Crippen molar-refractivity contribution in [3.8, 4) is 0 Å². The Balaban J connectivity index is 0.00000924. The van der Waals surface area contributed by atoms with Crippen LogP contribution in [-0.2, 0) is 32.1 Å². The smallest absolute Gasteiger partial charge is 0.416 e. The topological polar surface area (TPSA) is 69.0 Å². The second-order valence-corrected chi connectivity index (χ2v) is 12.2.